The Morgan fingerprint density at radius 1 is 1.15 bits per heavy atom. The minimum atomic E-state index is 0.200. The molecule has 138 valence electrons. The van der Waals surface area contributed by atoms with Crippen LogP contribution in [0.15, 0.2) is 51.4 Å². The largest absolute Gasteiger partial charge is 0.497 e. The molecule has 1 atom stereocenters. The summed E-state index contributed by atoms with van der Waals surface area (Å²) in [6.45, 7) is 4.13. The van der Waals surface area contributed by atoms with E-state index in [1.165, 1.54) is 10.9 Å². The van der Waals surface area contributed by atoms with Crippen LogP contribution in [0.2, 0.25) is 0 Å². The van der Waals surface area contributed by atoms with Crippen molar-refractivity contribution < 1.29 is 9.15 Å². The van der Waals surface area contributed by atoms with Crippen LogP contribution in [0.5, 0.6) is 5.75 Å². The SMILES string of the molecule is COc1ccc2cc([C@H](C)Sc3nnc(Cc4csc(C)n4)o3)ccc2c1. The van der Waals surface area contributed by atoms with E-state index in [0.717, 1.165) is 21.8 Å². The van der Waals surface area contributed by atoms with Crippen molar-refractivity contribution in [2.24, 2.45) is 0 Å². The smallest absolute Gasteiger partial charge is 0.277 e. The number of ether oxygens (including phenoxy) is 1. The van der Waals surface area contributed by atoms with E-state index >= 15 is 0 Å². The van der Waals surface area contributed by atoms with Gasteiger partial charge in [0.15, 0.2) is 0 Å². The van der Waals surface area contributed by atoms with Gasteiger partial charge in [0.05, 0.1) is 24.2 Å². The first-order chi connectivity index (χ1) is 13.1. The number of aromatic nitrogens is 3. The molecule has 0 aliphatic carbocycles. The van der Waals surface area contributed by atoms with Gasteiger partial charge in [-0.3, -0.25) is 0 Å². The monoisotopic (exact) mass is 397 g/mol. The first-order valence-electron chi connectivity index (χ1n) is 8.58. The lowest BCUT2D eigenvalue weighted by Crippen LogP contribution is -1.89. The maximum Gasteiger partial charge on any atom is 0.277 e. The molecule has 0 spiro atoms. The first kappa shape index (κ1) is 18.0. The molecular weight excluding hydrogens is 378 g/mol. The minimum Gasteiger partial charge on any atom is -0.497 e. The Hall–Kier alpha value is -2.38. The second-order valence-corrected chi connectivity index (χ2v) is 8.58. The van der Waals surface area contributed by atoms with Crippen molar-refractivity contribution in [1.82, 2.24) is 15.2 Å². The number of hydrogen-bond donors (Lipinski definition) is 0. The number of hydrogen-bond acceptors (Lipinski definition) is 7. The number of thiazole rings is 1. The Morgan fingerprint density at radius 2 is 1.96 bits per heavy atom. The predicted octanol–water partition coefficient (Wildman–Crippen LogP) is 5.44. The van der Waals surface area contributed by atoms with Crippen LogP contribution in [-0.4, -0.2) is 22.3 Å². The molecule has 0 fully saturated rings. The zero-order chi connectivity index (χ0) is 18.8. The molecule has 2 aromatic heterocycles. The van der Waals surface area contributed by atoms with E-state index in [4.69, 9.17) is 9.15 Å². The van der Waals surface area contributed by atoms with Gasteiger partial charge >= 0.3 is 0 Å². The molecule has 7 heteroatoms. The third-order valence-corrected chi connectivity index (χ3v) is 6.08. The summed E-state index contributed by atoms with van der Waals surface area (Å²) in [5.41, 5.74) is 2.18. The molecule has 0 N–H and O–H groups in total. The van der Waals surface area contributed by atoms with Gasteiger partial charge < -0.3 is 9.15 Å². The predicted molar refractivity (Wildman–Crippen MR) is 109 cm³/mol. The van der Waals surface area contributed by atoms with E-state index < -0.39 is 0 Å². The van der Waals surface area contributed by atoms with Crippen molar-refractivity contribution in [3.8, 4) is 5.75 Å². The summed E-state index contributed by atoms with van der Waals surface area (Å²) < 4.78 is 11.1. The molecule has 0 unspecified atom stereocenters. The Kier molecular flexibility index (Phi) is 5.13. The van der Waals surface area contributed by atoms with E-state index in [-0.39, 0.29) is 5.25 Å². The van der Waals surface area contributed by atoms with Crippen LogP contribution in [-0.2, 0) is 6.42 Å². The summed E-state index contributed by atoms with van der Waals surface area (Å²) in [5.74, 6) is 1.46. The van der Waals surface area contributed by atoms with Crippen LogP contribution in [0, 0.1) is 6.92 Å². The molecule has 0 aliphatic heterocycles. The highest BCUT2D eigenvalue weighted by Gasteiger charge is 2.15. The van der Waals surface area contributed by atoms with Crippen LogP contribution in [0.4, 0.5) is 0 Å². The fraction of sp³-hybridized carbons (Fsp3) is 0.250. The van der Waals surface area contributed by atoms with Gasteiger partial charge in [-0.1, -0.05) is 36.0 Å². The molecule has 4 rings (SSSR count). The molecule has 27 heavy (non-hydrogen) atoms. The highest BCUT2D eigenvalue weighted by Crippen LogP contribution is 2.35. The Labute approximate surface area is 165 Å². The lowest BCUT2D eigenvalue weighted by Gasteiger charge is -2.10. The number of nitrogens with zero attached hydrogens (tertiary/aromatic N) is 3. The Balaban J connectivity index is 1.47. The Morgan fingerprint density at radius 3 is 2.74 bits per heavy atom. The number of methoxy groups -OCH3 is 1. The summed E-state index contributed by atoms with van der Waals surface area (Å²) in [5, 5.41) is 14.5. The number of aryl methyl sites for hydroxylation is 1. The van der Waals surface area contributed by atoms with Crippen molar-refractivity contribution in [1.29, 1.82) is 0 Å². The molecule has 0 bridgehead atoms. The number of rotatable bonds is 6. The van der Waals surface area contributed by atoms with E-state index in [1.807, 2.05) is 24.4 Å². The zero-order valence-electron chi connectivity index (χ0n) is 15.3. The standard InChI is InChI=1S/C20H19N3O2S2/c1-12(14-4-5-16-9-18(24-3)7-6-15(16)8-14)27-20-23-22-19(25-20)10-17-11-26-13(2)21-17/h4-9,11-12H,10H2,1-3H3/t12-/m0/s1. The van der Waals surface area contributed by atoms with E-state index in [0.29, 0.717) is 17.5 Å². The molecule has 0 amide bonds. The second-order valence-electron chi connectivity index (χ2n) is 6.23. The molecule has 2 heterocycles. The third kappa shape index (κ3) is 4.14. The molecule has 2 aromatic carbocycles. The van der Waals surface area contributed by atoms with Crippen molar-refractivity contribution in [2.45, 2.75) is 30.7 Å². The van der Waals surface area contributed by atoms with Crippen molar-refractivity contribution in [3.05, 3.63) is 63.9 Å². The lowest BCUT2D eigenvalue weighted by molar-refractivity contribution is 0.415. The summed E-state index contributed by atoms with van der Waals surface area (Å²) in [4.78, 5) is 4.44. The minimum absolute atomic E-state index is 0.200. The molecule has 0 radical (unpaired) electrons. The van der Waals surface area contributed by atoms with Crippen LogP contribution in [0.3, 0.4) is 0 Å². The van der Waals surface area contributed by atoms with Gasteiger partial charge in [-0.05, 0) is 42.3 Å². The van der Waals surface area contributed by atoms with Crippen molar-refractivity contribution >= 4 is 33.9 Å². The Bertz CT molecular complexity index is 1070. The van der Waals surface area contributed by atoms with Crippen LogP contribution < -0.4 is 4.74 Å². The van der Waals surface area contributed by atoms with Gasteiger partial charge in [-0.15, -0.1) is 21.5 Å². The quantitative estimate of drug-likeness (QED) is 0.404. The fourth-order valence-electron chi connectivity index (χ4n) is 2.84. The maximum absolute atomic E-state index is 5.80. The van der Waals surface area contributed by atoms with Gasteiger partial charge in [0.1, 0.15) is 5.75 Å². The first-order valence-corrected chi connectivity index (χ1v) is 10.3. The van der Waals surface area contributed by atoms with Gasteiger partial charge in [-0.25, -0.2) is 4.98 Å². The lowest BCUT2D eigenvalue weighted by atomic mass is 10.1. The van der Waals surface area contributed by atoms with E-state index in [1.54, 1.807) is 30.2 Å². The summed E-state index contributed by atoms with van der Waals surface area (Å²) in [7, 11) is 1.68. The second kappa shape index (κ2) is 7.70. The molecule has 4 aromatic rings. The number of fused-ring (bicyclic) bond motifs is 1. The molecule has 0 saturated carbocycles. The summed E-state index contributed by atoms with van der Waals surface area (Å²) in [6, 6.07) is 12.6. The molecular formula is C20H19N3O2S2. The van der Waals surface area contributed by atoms with E-state index in [2.05, 4.69) is 46.4 Å². The topological polar surface area (TPSA) is 61.0 Å². The number of thioether (sulfide) groups is 1. The summed E-state index contributed by atoms with van der Waals surface area (Å²) >= 11 is 3.19. The van der Waals surface area contributed by atoms with Crippen LogP contribution in [0.1, 0.15) is 34.3 Å². The van der Waals surface area contributed by atoms with Gasteiger partial charge in [0.2, 0.25) is 5.89 Å². The van der Waals surface area contributed by atoms with Crippen LogP contribution in [0.25, 0.3) is 10.8 Å². The van der Waals surface area contributed by atoms with Gasteiger partial charge in [0, 0.05) is 10.6 Å². The van der Waals surface area contributed by atoms with Crippen LogP contribution >= 0.6 is 23.1 Å². The molecule has 0 aliphatic rings. The average Bonchev–Trinajstić information content (AvgIpc) is 3.29. The zero-order valence-corrected chi connectivity index (χ0v) is 16.9. The van der Waals surface area contributed by atoms with E-state index in [9.17, 15) is 0 Å². The molecule has 0 saturated heterocycles. The van der Waals surface area contributed by atoms with Crippen molar-refractivity contribution in [3.63, 3.8) is 0 Å². The highest BCUT2D eigenvalue weighted by atomic mass is 32.2. The summed E-state index contributed by atoms with van der Waals surface area (Å²) in [6.07, 6.45) is 0.574. The third-order valence-electron chi connectivity index (χ3n) is 4.27. The molecule has 5 nitrogen and oxygen atoms in total. The highest BCUT2D eigenvalue weighted by molar-refractivity contribution is 7.99. The van der Waals surface area contributed by atoms with Gasteiger partial charge in [0.25, 0.3) is 5.22 Å². The maximum atomic E-state index is 5.80. The number of benzene rings is 2. The van der Waals surface area contributed by atoms with Crippen molar-refractivity contribution in [2.75, 3.05) is 7.11 Å². The normalized spacial score (nSPS) is 12.4. The van der Waals surface area contributed by atoms with Gasteiger partial charge in [-0.2, -0.15) is 0 Å². The fourth-order valence-corrected chi connectivity index (χ4v) is 4.27. The average molecular weight is 398 g/mol.